The fourth-order valence-corrected chi connectivity index (χ4v) is 2.79. The molecule has 114 valence electrons. The Labute approximate surface area is 125 Å². The molecule has 1 aromatic rings. The number of ether oxygens (including phenoxy) is 1. The summed E-state index contributed by atoms with van der Waals surface area (Å²) < 4.78 is 5.52. The average Bonchev–Trinajstić information content (AvgIpc) is 3.31. The first-order valence-electron chi connectivity index (χ1n) is 7.63. The van der Waals surface area contributed by atoms with Gasteiger partial charge in [-0.2, -0.15) is 0 Å². The maximum atomic E-state index is 12.4. The summed E-state index contributed by atoms with van der Waals surface area (Å²) in [6.45, 7) is 4.34. The van der Waals surface area contributed by atoms with Crippen LogP contribution in [0.2, 0.25) is 0 Å². The molecule has 1 heterocycles. The summed E-state index contributed by atoms with van der Waals surface area (Å²) in [5.74, 6) is 0.0701. The largest absolute Gasteiger partial charge is 0.377 e. The third kappa shape index (κ3) is 3.19. The number of rotatable bonds is 4. The van der Waals surface area contributed by atoms with E-state index in [1.54, 1.807) is 0 Å². The average molecular weight is 289 g/mol. The molecule has 1 saturated carbocycles. The SMILES string of the molecule is Cc1ccc(N2CCOCC2C(=O)NC2CC2)c(CN)c1. The van der Waals surface area contributed by atoms with Gasteiger partial charge < -0.3 is 20.7 Å². The second-order valence-electron chi connectivity index (χ2n) is 5.90. The van der Waals surface area contributed by atoms with E-state index < -0.39 is 0 Å². The van der Waals surface area contributed by atoms with Crippen LogP contribution in [-0.4, -0.2) is 37.7 Å². The minimum absolute atomic E-state index is 0.0701. The van der Waals surface area contributed by atoms with Gasteiger partial charge in [0, 0.05) is 24.8 Å². The van der Waals surface area contributed by atoms with Crippen molar-refractivity contribution in [1.82, 2.24) is 5.32 Å². The number of amides is 1. The number of benzene rings is 1. The zero-order valence-corrected chi connectivity index (χ0v) is 12.5. The number of aryl methyl sites for hydroxylation is 1. The van der Waals surface area contributed by atoms with Gasteiger partial charge >= 0.3 is 0 Å². The predicted octanol–water partition coefficient (Wildman–Crippen LogP) is 0.938. The molecule has 3 rings (SSSR count). The van der Waals surface area contributed by atoms with Crippen LogP contribution in [0, 0.1) is 6.92 Å². The molecule has 0 radical (unpaired) electrons. The first-order chi connectivity index (χ1) is 10.2. The maximum Gasteiger partial charge on any atom is 0.245 e. The molecule has 0 bridgehead atoms. The number of morpholine rings is 1. The number of nitrogens with one attached hydrogen (secondary N) is 1. The van der Waals surface area contributed by atoms with Crippen LogP contribution in [0.4, 0.5) is 5.69 Å². The fraction of sp³-hybridized carbons (Fsp3) is 0.562. The molecular weight excluding hydrogens is 266 g/mol. The molecule has 1 atom stereocenters. The van der Waals surface area contributed by atoms with Gasteiger partial charge in [-0.15, -0.1) is 0 Å². The highest BCUT2D eigenvalue weighted by Crippen LogP contribution is 2.26. The van der Waals surface area contributed by atoms with Crippen molar-refractivity contribution >= 4 is 11.6 Å². The van der Waals surface area contributed by atoms with Crippen molar-refractivity contribution in [3.63, 3.8) is 0 Å². The summed E-state index contributed by atoms with van der Waals surface area (Å²) in [6, 6.07) is 6.35. The number of carbonyl (C=O) groups excluding carboxylic acids is 1. The molecule has 3 N–H and O–H groups in total. The number of hydrogen-bond donors (Lipinski definition) is 2. The van der Waals surface area contributed by atoms with Gasteiger partial charge in [-0.25, -0.2) is 0 Å². The molecule has 5 heteroatoms. The van der Waals surface area contributed by atoms with E-state index in [2.05, 4.69) is 35.3 Å². The summed E-state index contributed by atoms with van der Waals surface area (Å²) in [5, 5.41) is 3.08. The van der Waals surface area contributed by atoms with Crippen molar-refractivity contribution in [3.8, 4) is 0 Å². The zero-order valence-electron chi connectivity index (χ0n) is 12.5. The van der Waals surface area contributed by atoms with Crippen molar-refractivity contribution in [1.29, 1.82) is 0 Å². The summed E-state index contributed by atoms with van der Waals surface area (Å²) >= 11 is 0. The van der Waals surface area contributed by atoms with Crippen LogP contribution in [-0.2, 0) is 16.1 Å². The number of nitrogens with zero attached hydrogens (tertiary/aromatic N) is 1. The lowest BCUT2D eigenvalue weighted by Crippen LogP contribution is -2.54. The van der Waals surface area contributed by atoms with Crippen LogP contribution in [0.3, 0.4) is 0 Å². The lowest BCUT2D eigenvalue weighted by molar-refractivity contribution is -0.124. The molecule has 1 unspecified atom stereocenters. The molecular formula is C16H23N3O2. The highest BCUT2D eigenvalue weighted by molar-refractivity contribution is 5.86. The topological polar surface area (TPSA) is 67.6 Å². The molecule has 0 spiro atoms. The molecule has 2 fully saturated rings. The minimum Gasteiger partial charge on any atom is -0.377 e. The standard InChI is InChI=1S/C16H23N3O2/c1-11-2-5-14(12(8-11)9-17)19-6-7-21-10-15(19)16(20)18-13-3-4-13/h2,5,8,13,15H,3-4,6-7,9-10,17H2,1H3,(H,18,20). The molecule has 5 nitrogen and oxygen atoms in total. The normalized spacial score (nSPS) is 22.2. The Balaban J connectivity index is 1.84. The van der Waals surface area contributed by atoms with Gasteiger partial charge in [0.25, 0.3) is 0 Å². The smallest absolute Gasteiger partial charge is 0.245 e. The van der Waals surface area contributed by atoms with Crippen molar-refractivity contribution < 1.29 is 9.53 Å². The highest BCUT2D eigenvalue weighted by atomic mass is 16.5. The fourth-order valence-electron chi connectivity index (χ4n) is 2.79. The molecule has 1 amide bonds. The summed E-state index contributed by atoms with van der Waals surface area (Å²) in [6.07, 6.45) is 2.19. The lowest BCUT2D eigenvalue weighted by Gasteiger charge is -2.37. The van der Waals surface area contributed by atoms with Crippen LogP contribution in [0.5, 0.6) is 0 Å². The van der Waals surface area contributed by atoms with Crippen molar-refractivity contribution in [2.45, 2.75) is 38.4 Å². The molecule has 21 heavy (non-hydrogen) atoms. The van der Waals surface area contributed by atoms with E-state index in [0.29, 0.717) is 25.8 Å². The molecule has 0 aromatic heterocycles. The number of hydrogen-bond acceptors (Lipinski definition) is 4. The molecule has 1 saturated heterocycles. The number of anilines is 1. The van der Waals surface area contributed by atoms with E-state index in [0.717, 1.165) is 30.6 Å². The monoisotopic (exact) mass is 289 g/mol. The van der Waals surface area contributed by atoms with Crippen LogP contribution in [0.1, 0.15) is 24.0 Å². The Morgan fingerprint density at radius 3 is 3.00 bits per heavy atom. The van der Waals surface area contributed by atoms with E-state index >= 15 is 0 Å². The van der Waals surface area contributed by atoms with E-state index in [-0.39, 0.29) is 11.9 Å². The van der Waals surface area contributed by atoms with Crippen LogP contribution in [0.15, 0.2) is 18.2 Å². The molecule has 2 aliphatic rings. The van der Waals surface area contributed by atoms with Gasteiger partial charge in [0.05, 0.1) is 13.2 Å². The second-order valence-corrected chi connectivity index (χ2v) is 5.90. The summed E-state index contributed by atoms with van der Waals surface area (Å²) in [5.41, 5.74) is 9.21. The van der Waals surface area contributed by atoms with Crippen LogP contribution < -0.4 is 16.0 Å². The Bertz CT molecular complexity index is 528. The number of nitrogens with two attached hydrogens (primary N) is 1. The van der Waals surface area contributed by atoms with E-state index in [4.69, 9.17) is 10.5 Å². The van der Waals surface area contributed by atoms with E-state index in [9.17, 15) is 4.79 Å². The quantitative estimate of drug-likeness (QED) is 0.865. The Morgan fingerprint density at radius 2 is 2.29 bits per heavy atom. The van der Waals surface area contributed by atoms with Gasteiger partial charge in [-0.05, 0) is 31.4 Å². The molecule has 1 aliphatic carbocycles. The third-order valence-electron chi connectivity index (χ3n) is 4.12. The van der Waals surface area contributed by atoms with Gasteiger partial charge in [0.15, 0.2) is 0 Å². The Hall–Kier alpha value is -1.59. The Morgan fingerprint density at radius 1 is 1.48 bits per heavy atom. The first-order valence-corrected chi connectivity index (χ1v) is 7.63. The lowest BCUT2D eigenvalue weighted by atomic mass is 10.1. The summed E-state index contributed by atoms with van der Waals surface area (Å²) in [7, 11) is 0. The zero-order chi connectivity index (χ0) is 14.8. The highest BCUT2D eigenvalue weighted by Gasteiger charge is 2.33. The summed E-state index contributed by atoms with van der Waals surface area (Å²) in [4.78, 5) is 14.6. The van der Waals surface area contributed by atoms with Gasteiger partial charge in [-0.3, -0.25) is 4.79 Å². The van der Waals surface area contributed by atoms with Crippen LogP contribution >= 0.6 is 0 Å². The second kappa shape index (κ2) is 6.03. The first kappa shape index (κ1) is 14.4. The maximum absolute atomic E-state index is 12.4. The van der Waals surface area contributed by atoms with Gasteiger partial charge in [-0.1, -0.05) is 17.7 Å². The van der Waals surface area contributed by atoms with Crippen molar-refractivity contribution in [3.05, 3.63) is 29.3 Å². The molecule has 1 aliphatic heterocycles. The predicted molar refractivity (Wildman–Crippen MR) is 82.2 cm³/mol. The van der Waals surface area contributed by atoms with Gasteiger partial charge in [0.2, 0.25) is 5.91 Å². The van der Waals surface area contributed by atoms with E-state index in [1.807, 2.05) is 0 Å². The van der Waals surface area contributed by atoms with Crippen LogP contribution in [0.25, 0.3) is 0 Å². The minimum atomic E-state index is -0.257. The number of carbonyl (C=O) groups is 1. The van der Waals surface area contributed by atoms with E-state index in [1.165, 1.54) is 5.56 Å². The molecule has 1 aromatic carbocycles. The van der Waals surface area contributed by atoms with Gasteiger partial charge in [0.1, 0.15) is 6.04 Å². The third-order valence-corrected chi connectivity index (χ3v) is 4.12. The van der Waals surface area contributed by atoms with Crippen molar-refractivity contribution in [2.75, 3.05) is 24.7 Å². The van der Waals surface area contributed by atoms with Crippen molar-refractivity contribution in [2.24, 2.45) is 5.73 Å². The Kier molecular flexibility index (Phi) is 4.12.